The number of nitrogens with zero attached hydrogens (tertiary/aromatic N) is 2. The average Bonchev–Trinajstić information content (AvgIpc) is 3.83. The van der Waals surface area contributed by atoms with Gasteiger partial charge in [-0.15, -0.1) is 0 Å². The van der Waals surface area contributed by atoms with Gasteiger partial charge in [-0.25, -0.2) is 0 Å². The molecule has 11 aromatic rings. The summed E-state index contributed by atoms with van der Waals surface area (Å²) in [6, 6.07) is 78.1. The van der Waals surface area contributed by atoms with Gasteiger partial charge in [-0.2, -0.15) is 0 Å². The quantitative estimate of drug-likeness (QED) is 0.163. The first-order valence-corrected chi connectivity index (χ1v) is 19.4. The molecule has 0 aliphatic carbocycles. The van der Waals surface area contributed by atoms with Crippen molar-refractivity contribution in [1.82, 2.24) is 4.57 Å². The second-order valence-corrected chi connectivity index (χ2v) is 14.6. The van der Waals surface area contributed by atoms with Crippen LogP contribution in [0.2, 0.25) is 0 Å². The van der Waals surface area contributed by atoms with Crippen molar-refractivity contribution in [2.24, 2.45) is 0 Å². The van der Waals surface area contributed by atoms with Gasteiger partial charge in [0.1, 0.15) is 11.2 Å². The van der Waals surface area contributed by atoms with Gasteiger partial charge in [-0.3, -0.25) is 0 Å². The third-order valence-electron chi connectivity index (χ3n) is 11.2. The number of benzene rings is 9. The summed E-state index contributed by atoms with van der Waals surface area (Å²) >= 11 is 0. The van der Waals surface area contributed by atoms with Crippen molar-refractivity contribution in [3.8, 4) is 39.1 Å². The fraction of sp³-hybridized carbons (Fsp3) is 0. The van der Waals surface area contributed by atoms with Crippen molar-refractivity contribution < 1.29 is 4.42 Å². The number of fused-ring (bicyclic) bond motifs is 6. The molecule has 0 saturated carbocycles. The van der Waals surface area contributed by atoms with Crippen LogP contribution in [0.4, 0.5) is 17.1 Å². The van der Waals surface area contributed by atoms with Gasteiger partial charge in [0.2, 0.25) is 0 Å². The van der Waals surface area contributed by atoms with E-state index in [2.05, 4.69) is 216 Å². The minimum atomic E-state index is 0.898. The minimum absolute atomic E-state index is 0.898. The van der Waals surface area contributed by atoms with Crippen molar-refractivity contribution in [3.05, 3.63) is 218 Å². The molecular formula is C54H36N2O. The molecule has 0 aliphatic heterocycles. The molecule has 0 bridgehead atoms. The SMILES string of the molecule is c1ccc(N(c2ccc(-c3cccc(-c4ccc(-n5c6ccccc6c6ccccc65)cc4)c3)cc2)c2cccc(-c3ccc4c(c3)oc3ccccc34)c2)cc1. The van der Waals surface area contributed by atoms with E-state index in [-0.39, 0.29) is 0 Å². The average molecular weight is 729 g/mol. The van der Waals surface area contributed by atoms with Crippen LogP contribution in [0.3, 0.4) is 0 Å². The van der Waals surface area contributed by atoms with Crippen LogP contribution in [0.1, 0.15) is 0 Å². The Morgan fingerprint density at radius 3 is 1.49 bits per heavy atom. The molecule has 0 fully saturated rings. The normalized spacial score (nSPS) is 11.5. The second kappa shape index (κ2) is 13.6. The highest BCUT2D eigenvalue weighted by atomic mass is 16.3. The lowest BCUT2D eigenvalue weighted by Gasteiger charge is -2.26. The highest BCUT2D eigenvalue weighted by Crippen LogP contribution is 2.39. The molecule has 2 heterocycles. The van der Waals surface area contributed by atoms with Crippen LogP contribution in [0.15, 0.2) is 223 Å². The van der Waals surface area contributed by atoms with E-state index in [9.17, 15) is 0 Å². The lowest BCUT2D eigenvalue weighted by atomic mass is 9.98. The van der Waals surface area contributed by atoms with E-state index < -0.39 is 0 Å². The van der Waals surface area contributed by atoms with Crippen molar-refractivity contribution in [2.45, 2.75) is 0 Å². The fourth-order valence-electron chi connectivity index (χ4n) is 8.44. The number of aromatic nitrogens is 1. The van der Waals surface area contributed by atoms with Gasteiger partial charge >= 0.3 is 0 Å². The number of para-hydroxylation sites is 4. The highest BCUT2D eigenvalue weighted by Gasteiger charge is 2.16. The second-order valence-electron chi connectivity index (χ2n) is 14.6. The smallest absolute Gasteiger partial charge is 0.136 e. The maximum Gasteiger partial charge on any atom is 0.136 e. The first-order valence-electron chi connectivity index (χ1n) is 19.4. The number of hydrogen-bond acceptors (Lipinski definition) is 2. The first kappa shape index (κ1) is 32.8. The summed E-state index contributed by atoms with van der Waals surface area (Å²) in [7, 11) is 0. The van der Waals surface area contributed by atoms with Crippen LogP contribution >= 0.6 is 0 Å². The van der Waals surface area contributed by atoms with Crippen LogP contribution in [0, 0.1) is 0 Å². The molecular weight excluding hydrogens is 693 g/mol. The molecule has 0 aliphatic rings. The van der Waals surface area contributed by atoms with E-state index in [1.807, 2.05) is 12.1 Å². The summed E-state index contributed by atoms with van der Waals surface area (Å²) in [5.41, 5.74) is 15.7. The zero-order valence-corrected chi connectivity index (χ0v) is 31.1. The molecule has 0 unspecified atom stereocenters. The molecule has 0 amide bonds. The molecule has 0 spiro atoms. The van der Waals surface area contributed by atoms with E-state index in [1.54, 1.807) is 0 Å². The predicted octanol–water partition coefficient (Wildman–Crippen LogP) is 15.2. The Labute approximate surface area is 330 Å². The monoisotopic (exact) mass is 728 g/mol. The summed E-state index contributed by atoms with van der Waals surface area (Å²) in [6.07, 6.45) is 0. The first-order chi connectivity index (χ1) is 28.2. The number of rotatable bonds is 7. The van der Waals surface area contributed by atoms with Crippen LogP contribution < -0.4 is 4.90 Å². The molecule has 0 radical (unpaired) electrons. The molecule has 9 aromatic carbocycles. The molecule has 11 rings (SSSR count). The Morgan fingerprint density at radius 1 is 0.298 bits per heavy atom. The van der Waals surface area contributed by atoms with Crippen molar-refractivity contribution in [2.75, 3.05) is 4.90 Å². The molecule has 3 nitrogen and oxygen atoms in total. The van der Waals surface area contributed by atoms with Crippen LogP contribution in [0.25, 0.3) is 82.8 Å². The number of anilines is 3. The largest absolute Gasteiger partial charge is 0.456 e. The van der Waals surface area contributed by atoms with Gasteiger partial charge in [0, 0.05) is 44.3 Å². The Hall–Kier alpha value is -7.62. The van der Waals surface area contributed by atoms with E-state index in [1.165, 1.54) is 44.1 Å². The minimum Gasteiger partial charge on any atom is -0.456 e. The van der Waals surface area contributed by atoms with E-state index >= 15 is 0 Å². The maximum atomic E-state index is 6.24. The molecule has 0 N–H and O–H groups in total. The summed E-state index contributed by atoms with van der Waals surface area (Å²) < 4.78 is 8.61. The highest BCUT2D eigenvalue weighted by molar-refractivity contribution is 6.09. The summed E-state index contributed by atoms with van der Waals surface area (Å²) in [5.74, 6) is 0. The topological polar surface area (TPSA) is 21.3 Å². The van der Waals surface area contributed by atoms with Gasteiger partial charge in [0.05, 0.1) is 11.0 Å². The summed E-state index contributed by atoms with van der Waals surface area (Å²) in [6.45, 7) is 0. The van der Waals surface area contributed by atoms with E-state index in [4.69, 9.17) is 4.42 Å². The third kappa shape index (κ3) is 5.76. The predicted molar refractivity (Wildman–Crippen MR) is 239 cm³/mol. The van der Waals surface area contributed by atoms with Gasteiger partial charge in [-0.1, -0.05) is 133 Å². The molecule has 2 aromatic heterocycles. The van der Waals surface area contributed by atoms with Gasteiger partial charge in [-0.05, 0) is 118 Å². The standard InChI is InChI=1S/C54H36N2O/c1-2-15-43(16-3-1)55(46-17-11-14-41(35-46)42-28-33-50-49-20-6-9-23-53(49)57-54(50)36-42)44-29-24-37(25-30-44)39-12-10-13-40(34-39)38-26-31-45(32-27-38)56-51-21-7-4-18-47(51)48-19-5-8-22-52(48)56/h1-36H. The van der Waals surface area contributed by atoms with E-state index in [0.29, 0.717) is 0 Å². The Kier molecular flexibility index (Phi) is 7.82. The molecule has 0 saturated heterocycles. The van der Waals surface area contributed by atoms with Crippen molar-refractivity contribution in [1.29, 1.82) is 0 Å². The zero-order valence-electron chi connectivity index (χ0n) is 31.1. The Bertz CT molecular complexity index is 3170. The van der Waals surface area contributed by atoms with Gasteiger partial charge in [0.15, 0.2) is 0 Å². The van der Waals surface area contributed by atoms with Crippen LogP contribution in [0.5, 0.6) is 0 Å². The molecule has 0 atom stereocenters. The number of hydrogen-bond donors (Lipinski definition) is 0. The van der Waals surface area contributed by atoms with Crippen LogP contribution in [-0.4, -0.2) is 4.57 Å². The van der Waals surface area contributed by atoms with E-state index in [0.717, 1.165) is 55.8 Å². The van der Waals surface area contributed by atoms with Crippen LogP contribution in [-0.2, 0) is 0 Å². The molecule has 268 valence electrons. The molecule has 3 heteroatoms. The lowest BCUT2D eigenvalue weighted by molar-refractivity contribution is 0.669. The Balaban J connectivity index is 0.904. The number of furan rings is 1. The zero-order chi connectivity index (χ0) is 37.7. The van der Waals surface area contributed by atoms with Crippen molar-refractivity contribution in [3.63, 3.8) is 0 Å². The van der Waals surface area contributed by atoms with Gasteiger partial charge < -0.3 is 13.9 Å². The maximum absolute atomic E-state index is 6.24. The summed E-state index contributed by atoms with van der Waals surface area (Å²) in [4.78, 5) is 2.32. The third-order valence-corrected chi connectivity index (χ3v) is 11.2. The molecule has 57 heavy (non-hydrogen) atoms. The van der Waals surface area contributed by atoms with Crippen molar-refractivity contribution >= 4 is 60.8 Å². The lowest BCUT2D eigenvalue weighted by Crippen LogP contribution is -2.09. The summed E-state index contributed by atoms with van der Waals surface area (Å²) in [5, 5.41) is 4.82. The van der Waals surface area contributed by atoms with Gasteiger partial charge in [0.25, 0.3) is 0 Å². The fourth-order valence-corrected chi connectivity index (χ4v) is 8.44. The Morgan fingerprint density at radius 2 is 0.789 bits per heavy atom.